The Bertz CT molecular complexity index is 1380. The second-order valence-electron chi connectivity index (χ2n) is 9.97. The van der Waals surface area contributed by atoms with Gasteiger partial charge < -0.3 is 5.11 Å². The van der Waals surface area contributed by atoms with Gasteiger partial charge in [-0.25, -0.2) is 9.18 Å². The van der Waals surface area contributed by atoms with Crippen molar-refractivity contribution in [3.8, 4) is 0 Å². The van der Waals surface area contributed by atoms with E-state index in [1.165, 1.54) is 11.6 Å². The van der Waals surface area contributed by atoms with E-state index in [4.69, 9.17) is 0 Å². The molecule has 1 heterocycles. The number of carboxylic acids is 1. The number of aromatic carboxylic acids is 1. The molecule has 0 atom stereocenters. The highest BCUT2D eigenvalue weighted by Crippen LogP contribution is 2.41. The Hall–Kier alpha value is -3.57. The molecule has 1 N–H and O–H groups in total. The molecular weight excluding hydrogens is 468 g/mol. The molecule has 37 heavy (non-hydrogen) atoms. The normalized spacial score (nSPS) is 15.7. The fourth-order valence-corrected chi connectivity index (χ4v) is 5.50. The van der Waals surface area contributed by atoms with Gasteiger partial charge in [0.15, 0.2) is 0 Å². The first-order valence-electron chi connectivity index (χ1n) is 12.9. The van der Waals surface area contributed by atoms with E-state index in [-0.39, 0.29) is 18.1 Å². The van der Waals surface area contributed by atoms with E-state index in [1.54, 1.807) is 18.2 Å². The second-order valence-corrected chi connectivity index (χ2v) is 9.97. The van der Waals surface area contributed by atoms with Crippen LogP contribution in [0.25, 0.3) is 17.2 Å². The summed E-state index contributed by atoms with van der Waals surface area (Å²) in [7, 11) is 0. The first kappa shape index (κ1) is 25.1. The fourth-order valence-electron chi connectivity index (χ4n) is 5.50. The Balaban J connectivity index is 1.56. The maximum absolute atomic E-state index is 14.6. The van der Waals surface area contributed by atoms with Gasteiger partial charge in [0, 0.05) is 19.6 Å². The molecule has 0 unspecified atom stereocenters. The SMILES string of the molecule is Cc1c(F)cccc1C1=C(c2ccc(C=C3CN(CCCF)C3)cc2)c2ccc(C(=O)O)cc2CCC1. The molecule has 3 aromatic rings. The summed E-state index contributed by atoms with van der Waals surface area (Å²) < 4.78 is 27.0. The Morgan fingerprint density at radius 2 is 1.81 bits per heavy atom. The zero-order valence-electron chi connectivity index (χ0n) is 21.1. The van der Waals surface area contributed by atoms with Gasteiger partial charge in [-0.1, -0.05) is 48.5 Å². The molecular formula is C32H31F2NO2. The number of hydrogen-bond acceptors (Lipinski definition) is 2. The van der Waals surface area contributed by atoms with Gasteiger partial charge in [0.1, 0.15) is 5.82 Å². The number of carbonyl (C=O) groups is 1. The quantitative estimate of drug-likeness (QED) is 0.374. The summed E-state index contributed by atoms with van der Waals surface area (Å²) in [6.07, 6.45) is 5.17. The van der Waals surface area contributed by atoms with Crippen LogP contribution in [0.5, 0.6) is 0 Å². The molecule has 0 radical (unpaired) electrons. The lowest BCUT2D eigenvalue weighted by Gasteiger charge is -2.33. The van der Waals surface area contributed by atoms with Gasteiger partial charge in [-0.05, 0) is 101 Å². The molecule has 0 amide bonds. The average molecular weight is 500 g/mol. The molecule has 3 aromatic carbocycles. The van der Waals surface area contributed by atoms with Gasteiger partial charge in [-0.15, -0.1) is 0 Å². The summed E-state index contributed by atoms with van der Waals surface area (Å²) in [6, 6.07) is 19.0. The van der Waals surface area contributed by atoms with E-state index in [9.17, 15) is 18.7 Å². The molecule has 2 aliphatic rings. The molecule has 1 aliphatic heterocycles. The van der Waals surface area contributed by atoms with E-state index in [0.717, 1.165) is 77.9 Å². The minimum absolute atomic E-state index is 0.224. The van der Waals surface area contributed by atoms with Crippen LogP contribution in [0.15, 0.2) is 66.2 Å². The van der Waals surface area contributed by atoms with Crippen LogP contribution in [0, 0.1) is 12.7 Å². The number of allylic oxidation sites excluding steroid dienone is 1. The van der Waals surface area contributed by atoms with Crippen molar-refractivity contribution in [2.45, 2.75) is 32.6 Å². The van der Waals surface area contributed by atoms with Crippen molar-refractivity contribution in [1.29, 1.82) is 0 Å². The van der Waals surface area contributed by atoms with Crippen LogP contribution in [-0.2, 0) is 6.42 Å². The number of nitrogens with zero attached hydrogens (tertiary/aromatic N) is 1. The molecule has 0 saturated carbocycles. The topological polar surface area (TPSA) is 40.5 Å². The highest BCUT2D eigenvalue weighted by Gasteiger charge is 2.23. The Morgan fingerprint density at radius 3 is 2.54 bits per heavy atom. The van der Waals surface area contributed by atoms with E-state index in [1.807, 2.05) is 19.1 Å². The maximum Gasteiger partial charge on any atom is 0.335 e. The summed E-state index contributed by atoms with van der Waals surface area (Å²) in [5, 5.41) is 9.54. The van der Waals surface area contributed by atoms with Crippen LogP contribution in [-0.4, -0.2) is 42.3 Å². The Kier molecular flexibility index (Phi) is 7.33. The fraction of sp³-hybridized carbons (Fsp3) is 0.281. The smallest absolute Gasteiger partial charge is 0.335 e. The molecule has 3 nitrogen and oxygen atoms in total. The van der Waals surface area contributed by atoms with Crippen LogP contribution in [0.4, 0.5) is 8.78 Å². The number of benzene rings is 3. The van der Waals surface area contributed by atoms with Gasteiger partial charge in [-0.2, -0.15) is 0 Å². The maximum atomic E-state index is 14.6. The van der Waals surface area contributed by atoms with Crippen LogP contribution >= 0.6 is 0 Å². The van der Waals surface area contributed by atoms with Gasteiger partial charge in [0.2, 0.25) is 0 Å². The predicted octanol–water partition coefficient (Wildman–Crippen LogP) is 7.19. The van der Waals surface area contributed by atoms with Gasteiger partial charge in [-0.3, -0.25) is 9.29 Å². The third-order valence-electron chi connectivity index (χ3n) is 7.42. The molecule has 1 aliphatic carbocycles. The van der Waals surface area contributed by atoms with Crippen molar-refractivity contribution in [2.24, 2.45) is 0 Å². The van der Waals surface area contributed by atoms with Crippen LogP contribution in [0.3, 0.4) is 0 Å². The summed E-state index contributed by atoms with van der Waals surface area (Å²) in [5.74, 6) is -1.16. The van der Waals surface area contributed by atoms with E-state index in [2.05, 4.69) is 35.2 Å². The number of fused-ring (bicyclic) bond motifs is 1. The Labute approximate surface area is 216 Å². The molecule has 0 aromatic heterocycles. The number of hydrogen-bond donors (Lipinski definition) is 1. The van der Waals surface area contributed by atoms with Gasteiger partial charge in [0.25, 0.3) is 0 Å². The molecule has 5 heteroatoms. The second kappa shape index (κ2) is 10.8. The largest absolute Gasteiger partial charge is 0.478 e. The van der Waals surface area contributed by atoms with Crippen molar-refractivity contribution in [2.75, 3.05) is 26.3 Å². The lowest BCUT2D eigenvalue weighted by molar-refractivity contribution is 0.0696. The van der Waals surface area contributed by atoms with Crippen molar-refractivity contribution >= 4 is 23.2 Å². The number of aryl methyl sites for hydroxylation is 1. The monoisotopic (exact) mass is 499 g/mol. The summed E-state index contributed by atoms with van der Waals surface area (Å²) >= 11 is 0. The number of rotatable bonds is 7. The number of carboxylic acid groups (broad SMARTS) is 1. The third-order valence-corrected chi connectivity index (χ3v) is 7.42. The molecule has 0 spiro atoms. The zero-order valence-corrected chi connectivity index (χ0v) is 21.1. The Morgan fingerprint density at radius 1 is 1.03 bits per heavy atom. The molecule has 190 valence electrons. The summed E-state index contributed by atoms with van der Waals surface area (Å²) in [4.78, 5) is 13.9. The zero-order chi connectivity index (χ0) is 25.9. The summed E-state index contributed by atoms with van der Waals surface area (Å²) in [5.41, 5.74) is 9.44. The first-order valence-corrected chi connectivity index (χ1v) is 12.9. The predicted molar refractivity (Wildman–Crippen MR) is 145 cm³/mol. The van der Waals surface area contributed by atoms with Gasteiger partial charge in [0.05, 0.1) is 12.2 Å². The van der Waals surface area contributed by atoms with Crippen LogP contribution in [0.2, 0.25) is 0 Å². The highest BCUT2D eigenvalue weighted by atomic mass is 19.1. The van der Waals surface area contributed by atoms with E-state index < -0.39 is 5.97 Å². The lowest BCUT2D eigenvalue weighted by Crippen LogP contribution is -2.40. The standard InChI is InChI=1S/C32H31F2NO2/c1-21-27(6-3-8-30(21)34)29-7-2-5-25-18-26(32(36)37)13-14-28(25)31(29)24-11-9-22(10-12-24)17-23-19-35(20-23)16-4-15-33/h3,6,8-14,17-18H,2,4-5,7,15-16,19-20H2,1H3,(H,36,37). The number of halogens is 2. The molecule has 1 saturated heterocycles. The molecule has 5 rings (SSSR count). The van der Waals surface area contributed by atoms with Crippen molar-refractivity contribution in [3.05, 3.63) is 111 Å². The highest BCUT2D eigenvalue weighted by molar-refractivity contribution is 6.01. The van der Waals surface area contributed by atoms with Crippen LogP contribution in [0.1, 0.15) is 63.0 Å². The minimum atomic E-state index is -0.935. The van der Waals surface area contributed by atoms with Gasteiger partial charge >= 0.3 is 5.97 Å². The lowest BCUT2D eigenvalue weighted by atomic mass is 9.85. The average Bonchev–Trinajstić information content (AvgIpc) is 3.06. The number of likely N-dealkylation sites (tertiary alicyclic amines) is 1. The minimum Gasteiger partial charge on any atom is -0.478 e. The van der Waals surface area contributed by atoms with Crippen molar-refractivity contribution in [3.63, 3.8) is 0 Å². The molecule has 1 fully saturated rings. The first-order chi connectivity index (χ1) is 17.9. The van der Waals surface area contributed by atoms with Crippen LogP contribution < -0.4 is 0 Å². The molecule has 0 bridgehead atoms. The van der Waals surface area contributed by atoms with E-state index in [0.29, 0.717) is 12.0 Å². The van der Waals surface area contributed by atoms with E-state index >= 15 is 0 Å². The van der Waals surface area contributed by atoms with Crippen molar-refractivity contribution in [1.82, 2.24) is 4.90 Å². The van der Waals surface area contributed by atoms with Crippen molar-refractivity contribution < 1.29 is 18.7 Å². The number of alkyl halides is 1. The third kappa shape index (κ3) is 5.28. The summed E-state index contributed by atoms with van der Waals surface area (Å²) in [6.45, 7) is 4.11.